The van der Waals surface area contributed by atoms with Crippen molar-refractivity contribution in [3.63, 3.8) is 0 Å². The average Bonchev–Trinajstić information content (AvgIpc) is 3.07. The van der Waals surface area contributed by atoms with Crippen LogP contribution < -0.4 is 5.32 Å². The van der Waals surface area contributed by atoms with Gasteiger partial charge in [-0.3, -0.25) is 4.90 Å². The molecule has 6 nitrogen and oxygen atoms in total. The Labute approximate surface area is 167 Å². The minimum absolute atomic E-state index is 0.161. The van der Waals surface area contributed by atoms with Crippen molar-refractivity contribution < 1.29 is 4.79 Å². The molecule has 140 valence electrons. The Hall–Kier alpha value is -2.28. The van der Waals surface area contributed by atoms with E-state index in [1.165, 1.54) is 0 Å². The van der Waals surface area contributed by atoms with Crippen LogP contribution in [0.5, 0.6) is 0 Å². The molecule has 1 aliphatic heterocycles. The molecule has 1 N–H and O–H groups in total. The number of rotatable bonds is 3. The number of aromatic nitrogens is 2. The number of fused-ring (bicyclic) bond motifs is 1. The summed E-state index contributed by atoms with van der Waals surface area (Å²) >= 11 is 12.1. The van der Waals surface area contributed by atoms with Crippen molar-refractivity contribution in [3.05, 3.63) is 64.5 Å². The van der Waals surface area contributed by atoms with Crippen LogP contribution in [0.2, 0.25) is 10.0 Å². The Bertz CT molecular complexity index is 933. The number of halogens is 2. The number of nitrogens with one attached hydrogen (secondary N) is 1. The minimum atomic E-state index is -0.161. The van der Waals surface area contributed by atoms with Gasteiger partial charge in [-0.25, -0.2) is 9.78 Å². The van der Waals surface area contributed by atoms with Crippen LogP contribution in [0.1, 0.15) is 5.69 Å². The van der Waals surface area contributed by atoms with Gasteiger partial charge < -0.3 is 14.6 Å². The number of imidazole rings is 1. The van der Waals surface area contributed by atoms with Crippen molar-refractivity contribution >= 4 is 40.6 Å². The van der Waals surface area contributed by atoms with E-state index in [-0.39, 0.29) is 6.03 Å². The van der Waals surface area contributed by atoms with E-state index in [0.29, 0.717) is 28.8 Å². The summed E-state index contributed by atoms with van der Waals surface area (Å²) in [7, 11) is 0. The molecule has 1 aliphatic rings. The summed E-state index contributed by atoms with van der Waals surface area (Å²) < 4.78 is 2.02. The van der Waals surface area contributed by atoms with E-state index in [4.69, 9.17) is 23.2 Å². The van der Waals surface area contributed by atoms with E-state index in [9.17, 15) is 4.79 Å². The molecule has 0 bridgehead atoms. The third-order valence-electron chi connectivity index (χ3n) is 4.63. The number of benzene rings is 1. The Balaban J connectivity index is 1.33. The molecule has 0 unspecified atom stereocenters. The summed E-state index contributed by atoms with van der Waals surface area (Å²) in [4.78, 5) is 21.2. The van der Waals surface area contributed by atoms with E-state index in [1.54, 1.807) is 23.1 Å². The summed E-state index contributed by atoms with van der Waals surface area (Å²) in [6.45, 7) is 3.67. The molecule has 27 heavy (non-hydrogen) atoms. The first kappa shape index (κ1) is 18.1. The standard InChI is InChI=1S/C19H19Cl2N5O/c20-14-4-5-16(21)17(11-14)23-19(27)25-9-7-24(8-10-25)12-15-13-26-6-2-1-3-18(26)22-15/h1-6,11,13H,7-10,12H2,(H,23,27). The van der Waals surface area contributed by atoms with Gasteiger partial charge in [0.2, 0.25) is 0 Å². The summed E-state index contributed by atoms with van der Waals surface area (Å²) in [6.07, 6.45) is 4.05. The van der Waals surface area contributed by atoms with Gasteiger partial charge >= 0.3 is 6.03 Å². The molecule has 8 heteroatoms. The number of urea groups is 1. The van der Waals surface area contributed by atoms with Gasteiger partial charge in [-0.1, -0.05) is 29.3 Å². The van der Waals surface area contributed by atoms with E-state index in [2.05, 4.69) is 21.4 Å². The van der Waals surface area contributed by atoms with Gasteiger partial charge in [0, 0.05) is 50.1 Å². The van der Waals surface area contributed by atoms with Crippen molar-refractivity contribution in [2.24, 2.45) is 0 Å². The molecule has 0 atom stereocenters. The summed E-state index contributed by atoms with van der Waals surface area (Å²) in [5.41, 5.74) is 2.51. The topological polar surface area (TPSA) is 52.9 Å². The zero-order chi connectivity index (χ0) is 18.8. The van der Waals surface area contributed by atoms with Crippen LogP contribution in [0, 0.1) is 0 Å². The first-order chi connectivity index (χ1) is 13.1. The Morgan fingerprint density at radius 1 is 1.11 bits per heavy atom. The van der Waals surface area contributed by atoms with E-state index >= 15 is 0 Å². The van der Waals surface area contributed by atoms with Crippen LogP contribution in [0.4, 0.5) is 10.5 Å². The summed E-state index contributed by atoms with van der Waals surface area (Å²) in [5, 5.41) is 3.84. The van der Waals surface area contributed by atoms with Gasteiger partial charge in [-0.05, 0) is 30.3 Å². The number of amides is 2. The first-order valence-corrected chi connectivity index (χ1v) is 9.50. The minimum Gasteiger partial charge on any atom is -0.322 e. The Kier molecular flexibility index (Phi) is 5.20. The number of hydrogen-bond donors (Lipinski definition) is 1. The van der Waals surface area contributed by atoms with Crippen molar-refractivity contribution in [1.82, 2.24) is 19.2 Å². The number of nitrogens with zero attached hydrogens (tertiary/aromatic N) is 4. The van der Waals surface area contributed by atoms with Crippen LogP contribution in [0.25, 0.3) is 5.65 Å². The Morgan fingerprint density at radius 3 is 2.70 bits per heavy atom. The number of carbonyl (C=O) groups excluding carboxylic acids is 1. The number of hydrogen-bond acceptors (Lipinski definition) is 3. The van der Waals surface area contributed by atoms with Crippen LogP contribution in [0.3, 0.4) is 0 Å². The molecule has 2 amide bonds. The van der Waals surface area contributed by atoms with E-state index < -0.39 is 0 Å². The quantitative estimate of drug-likeness (QED) is 0.718. The lowest BCUT2D eigenvalue weighted by Crippen LogP contribution is -2.49. The molecule has 1 aromatic carbocycles. The smallest absolute Gasteiger partial charge is 0.321 e. The van der Waals surface area contributed by atoms with Crippen LogP contribution >= 0.6 is 23.2 Å². The molecule has 1 saturated heterocycles. The molecule has 4 rings (SSSR count). The predicted molar refractivity (Wildman–Crippen MR) is 108 cm³/mol. The first-order valence-electron chi connectivity index (χ1n) is 8.74. The van der Waals surface area contributed by atoms with Crippen LogP contribution in [-0.2, 0) is 6.54 Å². The largest absolute Gasteiger partial charge is 0.322 e. The highest BCUT2D eigenvalue weighted by Gasteiger charge is 2.22. The molecule has 0 saturated carbocycles. The van der Waals surface area contributed by atoms with Crippen molar-refractivity contribution in [2.75, 3.05) is 31.5 Å². The molecule has 0 radical (unpaired) electrons. The second kappa shape index (κ2) is 7.76. The number of anilines is 1. The second-order valence-corrected chi connectivity index (χ2v) is 7.36. The lowest BCUT2D eigenvalue weighted by Gasteiger charge is -2.34. The molecule has 2 aromatic heterocycles. The Morgan fingerprint density at radius 2 is 1.93 bits per heavy atom. The van der Waals surface area contributed by atoms with Gasteiger partial charge in [0.25, 0.3) is 0 Å². The fourth-order valence-electron chi connectivity index (χ4n) is 3.19. The van der Waals surface area contributed by atoms with Gasteiger partial charge in [0.05, 0.1) is 16.4 Å². The summed E-state index contributed by atoms with van der Waals surface area (Å²) in [6, 6.07) is 10.8. The lowest BCUT2D eigenvalue weighted by molar-refractivity contribution is 0.142. The van der Waals surface area contributed by atoms with Gasteiger partial charge in [0.1, 0.15) is 5.65 Å². The van der Waals surface area contributed by atoms with Gasteiger partial charge in [0.15, 0.2) is 0 Å². The highest BCUT2D eigenvalue weighted by Crippen LogP contribution is 2.25. The van der Waals surface area contributed by atoms with E-state index in [0.717, 1.165) is 31.0 Å². The maximum absolute atomic E-state index is 12.5. The molecule has 0 spiro atoms. The molecule has 0 aliphatic carbocycles. The van der Waals surface area contributed by atoms with E-state index in [1.807, 2.05) is 28.8 Å². The average molecular weight is 404 g/mol. The number of pyridine rings is 1. The summed E-state index contributed by atoms with van der Waals surface area (Å²) in [5.74, 6) is 0. The van der Waals surface area contributed by atoms with Gasteiger partial charge in [-0.15, -0.1) is 0 Å². The van der Waals surface area contributed by atoms with Crippen molar-refractivity contribution in [1.29, 1.82) is 0 Å². The zero-order valence-electron chi connectivity index (χ0n) is 14.6. The normalized spacial score (nSPS) is 15.3. The maximum Gasteiger partial charge on any atom is 0.321 e. The van der Waals surface area contributed by atoms with Gasteiger partial charge in [-0.2, -0.15) is 0 Å². The molecule has 3 heterocycles. The van der Waals surface area contributed by atoms with Crippen molar-refractivity contribution in [2.45, 2.75) is 6.54 Å². The van der Waals surface area contributed by atoms with Crippen LogP contribution in [0.15, 0.2) is 48.8 Å². The third kappa shape index (κ3) is 4.18. The number of carbonyl (C=O) groups is 1. The number of piperazine rings is 1. The highest BCUT2D eigenvalue weighted by atomic mass is 35.5. The fraction of sp³-hybridized carbons (Fsp3) is 0.263. The SMILES string of the molecule is O=C(Nc1cc(Cl)ccc1Cl)N1CCN(Cc2cn3ccccc3n2)CC1. The third-order valence-corrected chi connectivity index (χ3v) is 5.19. The fourth-order valence-corrected chi connectivity index (χ4v) is 3.53. The second-order valence-electron chi connectivity index (χ2n) is 6.52. The molecular formula is C19H19Cl2N5O. The van der Waals surface area contributed by atoms with Crippen molar-refractivity contribution in [3.8, 4) is 0 Å². The molecular weight excluding hydrogens is 385 g/mol. The maximum atomic E-state index is 12.5. The molecule has 1 fully saturated rings. The predicted octanol–water partition coefficient (Wildman–Crippen LogP) is 3.99. The zero-order valence-corrected chi connectivity index (χ0v) is 16.1. The highest BCUT2D eigenvalue weighted by molar-refractivity contribution is 6.35. The van der Waals surface area contributed by atoms with Crippen LogP contribution in [-0.4, -0.2) is 51.4 Å². The molecule has 3 aromatic rings. The monoisotopic (exact) mass is 403 g/mol. The lowest BCUT2D eigenvalue weighted by atomic mass is 10.3.